The average molecular weight is 222 g/mol. The molecular weight excluding hydrogens is 208 g/mol. The van der Waals surface area contributed by atoms with E-state index in [9.17, 15) is 0 Å². The summed E-state index contributed by atoms with van der Waals surface area (Å²) in [7, 11) is 0. The number of rotatable bonds is 4. The van der Waals surface area contributed by atoms with E-state index in [1.807, 2.05) is 6.07 Å². The number of fused-ring (bicyclic) bond motifs is 1. The Morgan fingerprint density at radius 1 is 1.60 bits per heavy atom. The Kier molecular flexibility index (Phi) is 3.23. The van der Waals surface area contributed by atoms with E-state index < -0.39 is 0 Å². The van der Waals surface area contributed by atoms with Crippen LogP contribution in [0.25, 0.3) is 11.0 Å². The molecule has 2 aromatic heterocycles. The lowest BCUT2D eigenvalue weighted by Crippen LogP contribution is -2.12. The number of imidazole rings is 1. The van der Waals surface area contributed by atoms with Gasteiger partial charge in [0.1, 0.15) is 5.82 Å². The number of aromatic nitrogens is 3. The number of nitrogens with zero attached hydrogens (tertiary/aromatic N) is 2. The van der Waals surface area contributed by atoms with Crippen molar-refractivity contribution in [2.45, 2.75) is 12.5 Å². The van der Waals surface area contributed by atoms with Crippen LogP contribution in [0.2, 0.25) is 0 Å². The monoisotopic (exact) mass is 222 g/mol. The number of aromatic amines is 1. The molecule has 0 aromatic carbocycles. The maximum Gasteiger partial charge on any atom is 0.124 e. The number of thioether (sulfide) groups is 1. The lowest BCUT2D eigenvalue weighted by Gasteiger charge is -2.06. The summed E-state index contributed by atoms with van der Waals surface area (Å²) in [6.07, 6.45) is 6.52. The van der Waals surface area contributed by atoms with Crippen LogP contribution in [0.15, 0.2) is 18.5 Å². The molecule has 2 aromatic rings. The normalized spacial score (nSPS) is 13.2. The molecule has 4 nitrogen and oxygen atoms in total. The maximum atomic E-state index is 6.02. The Bertz CT molecular complexity index is 407. The fraction of sp³-hybridized carbons (Fsp3) is 0.400. The minimum atomic E-state index is -0.00940. The van der Waals surface area contributed by atoms with Gasteiger partial charge in [-0.05, 0) is 24.5 Å². The zero-order valence-corrected chi connectivity index (χ0v) is 9.42. The third-order valence-electron chi connectivity index (χ3n) is 2.29. The molecule has 80 valence electrons. The third-order valence-corrected chi connectivity index (χ3v) is 2.93. The van der Waals surface area contributed by atoms with Gasteiger partial charge in [0.05, 0.1) is 23.3 Å². The van der Waals surface area contributed by atoms with Crippen molar-refractivity contribution in [1.29, 1.82) is 0 Å². The molecular formula is C10H14N4S. The van der Waals surface area contributed by atoms with Crippen LogP contribution in [0.1, 0.15) is 18.3 Å². The van der Waals surface area contributed by atoms with Crippen molar-refractivity contribution in [3.05, 3.63) is 24.3 Å². The van der Waals surface area contributed by atoms with Gasteiger partial charge < -0.3 is 10.7 Å². The van der Waals surface area contributed by atoms with Crippen molar-refractivity contribution >= 4 is 22.8 Å². The lowest BCUT2D eigenvalue weighted by atomic mass is 10.2. The van der Waals surface area contributed by atoms with Crippen molar-refractivity contribution in [1.82, 2.24) is 15.0 Å². The van der Waals surface area contributed by atoms with Crippen molar-refractivity contribution in [2.24, 2.45) is 5.73 Å². The molecule has 2 heterocycles. The lowest BCUT2D eigenvalue weighted by molar-refractivity contribution is 0.666. The molecule has 0 aliphatic carbocycles. The van der Waals surface area contributed by atoms with E-state index in [0.717, 1.165) is 29.0 Å². The van der Waals surface area contributed by atoms with E-state index in [1.54, 1.807) is 24.2 Å². The topological polar surface area (TPSA) is 67.6 Å². The first-order valence-electron chi connectivity index (χ1n) is 4.85. The van der Waals surface area contributed by atoms with Gasteiger partial charge in [-0.1, -0.05) is 0 Å². The summed E-state index contributed by atoms with van der Waals surface area (Å²) in [6, 6.07) is 1.88. The summed E-state index contributed by atoms with van der Waals surface area (Å²) in [5, 5.41) is 0. The molecule has 0 saturated heterocycles. The molecule has 0 bridgehead atoms. The standard InChI is InChI=1S/C10H14N4S/c1-15-5-3-7(11)10-13-8-2-4-12-6-9(8)14-10/h2,4,6-7H,3,5,11H2,1H3,(H,13,14). The van der Waals surface area contributed by atoms with Crippen LogP contribution >= 0.6 is 11.8 Å². The Labute approximate surface area is 92.7 Å². The fourth-order valence-corrected chi connectivity index (χ4v) is 1.92. The van der Waals surface area contributed by atoms with E-state index in [4.69, 9.17) is 5.73 Å². The van der Waals surface area contributed by atoms with E-state index in [0.29, 0.717) is 0 Å². The number of hydrogen-bond donors (Lipinski definition) is 2. The van der Waals surface area contributed by atoms with E-state index in [-0.39, 0.29) is 6.04 Å². The molecule has 1 unspecified atom stereocenters. The maximum absolute atomic E-state index is 6.02. The average Bonchev–Trinajstić information content (AvgIpc) is 2.69. The number of hydrogen-bond acceptors (Lipinski definition) is 4. The highest BCUT2D eigenvalue weighted by Crippen LogP contribution is 2.16. The van der Waals surface area contributed by atoms with Gasteiger partial charge in [-0.15, -0.1) is 0 Å². The largest absolute Gasteiger partial charge is 0.339 e. The van der Waals surface area contributed by atoms with Gasteiger partial charge in [0.15, 0.2) is 0 Å². The smallest absolute Gasteiger partial charge is 0.124 e. The summed E-state index contributed by atoms with van der Waals surface area (Å²) in [6.45, 7) is 0. The third kappa shape index (κ3) is 2.30. The summed E-state index contributed by atoms with van der Waals surface area (Å²) >= 11 is 1.80. The molecule has 1 atom stereocenters. The van der Waals surface area contributed by atoms with Gasteiger partial charge in [0.2, 0.25) is 0 Å². The van der Waals surface area contributed by atoms with Gasteiger partial charge in [-0.2, -0.15) is 11.8 Å². The highest BCUT2D eigenvalue weighted by Gasteiger charge is 2.10. The molecule has 5 heteroatoms. The summed E-state index contributed by atoms with van der Waals surface area (Å²) in [5.41, 5.74) is 7.90. The van der Waals surface area contributed by atoms with Crippen LogP contribution in [0, 0.1) is 0 Å². The fourth-order valence-electron chi connectivity index (χ4n) is 1.43. The molecule has 0 amide bonds. The van der Waals surface area contributed by atoms with Gasteiger partial charge >= 0.3 is 0 Å². The first-order valence-corrected chi connectivity index (χ1v) is 6.25. The van der Waals surface area contributed by atoms with Crippen molar-refractivity contribution in [3.8, 4) is 0 Å². The summed E-state index contributed by atoms with van der Waals surface area (Å²) < 4.78 is 0. The Balaban J connectivity index is 2.20. The van der Waals surface area contributed by atoms with E-state index in [2.05, 4.69) is 21.2 Å². The molecule has 0 saturated carbocycles. The highest BCUT2D eigenvalue weighted by molar-refractivity contribution is 7.98. The minimum absolute atomic E-state index is 0.00940. The second kappa shape index (κ2) is 4.63. The number of pyridine rings is 1. The van der Waals surface area contributed by atoms with Gasteiger partial charge in [0.25, 0.3) is 0 Å². The quantitative estimate of drug-likeness (QED) is 0.826. The molecule has 0 aliphatic heterocycles. The van der Waals surface area contributed by atoms with Crippen LogP contribution in [-0.2, 0) is 0 Å². The first kappa shape index (κ1) is 10.4. The van der Waals surface area contributed by atoms with Crippen molar-refractivity contribution in [2.75, 3.05) is 12.0 Å². The molecule has 15 heavy (non-hydrogen) atoms. The first-order chi connectivity index (χ1) is 7.31. The van der Waals surface area contributed by atoms with Crippen molar-refractivity contribution < 1.29 is 0 Å². The van der Waals surface area contributed by atoms with E-state index >= 15 is 0 Å². The van der Waals surface area contributed by atoms with E-state index in [1.165, 1.54) is 0 Å². The molecule has 0 fully saturated rings. The molecule has 0 radical (unpaired) electrons. The second-order valence-corrected chi connectivity index (χ2v) is 4.39. The van der Waals surface area contributed by atoms with Gasteiger partial charge in [0, 0.05) is 6.20 Å². The Hall–Kier alpha value is -1.07. The molecule has 3 N–H and O–H groups in total. The summed E-state index contributed by atoms with van der Waals surface area (Å²) in [4.78, 5) is 11.7. The molecule has 0 aliphatic rings. The van der Waals surface area contributed by atoms with Gasteiger partial charge in [-0.3, -0.25) is 4.98 Å². The Morgan fingerprint density at radius 3 is 3.20 bits per heavy atom. The van der Waals surface area contributed by atoms with Crippen LogP contribution < -0.4 is 5.73 Å². The van der Waals surface area contributed by atoms with Gasteiger partial charge in [-0.25, -0.2) is 4.98 Å². The molecule has 0 spiro atoms. The predicted molar refractivity (Wildman–Crippen MR) is 63.8 cm³/mol. The highest BCUT2D eigenvalue weighted by atomic mass is 32.2. The predicted octanol–water partition coefficient (Wildman–Crippen LogP) is 1.71. The van der Waals surface area contributed by atoms with Crippen LogP contribution in [0.4, 0.5) is 0 Å². The van der Waals surface area contributed by atoms with Crippen LogP contribution in [0.5, 0.6) is 0 Å². The summed E-state index contributed by atoms with van der Waals surface area (Å²) in [5.74, 6) is 1.91. The Morgan fingerprint density at radius 2 is 2.47 bits per heavy atom. The SMILES string of the molecule is CSCCC(N)c1nc2ccncc2[nH]1. The minimum Gasteiger partial charge on any atom is -0.339 e. The van der Waals surface area contributed by atoms with Crippen molar-refractivity contribution in [3.63, 3.8) is 0 Å². The van der Waals surface area contributed by atoms with Crippen LogP contribution in [-0.4, -0.2) is 27.0 Å². The zero-order valence-electron chi connectivity index (χ0n) is 8.60. The number of nitrogens with one attached hydrogen (secondary N) is 1. The number of nitrogens with two attached hydrogens (primary N) is 1. The van der Waals surface area contributed by atoms with Crippen LogP contribution in [0.3, 0.4) is 0 Å². The molecule has 2 rings (SSSR count). The number of H-pyrrole nitrogens is 1. The zero-order chi connectivity index (χ0) is 10.7. The second-order valence-electron chi connectivity index (χ2n) is 3.40.